The zero-order chi connectivity index (χ0) is 20.7. The zero-order valence-corrected chi connectivity index (χ0v) is 18.8. The van der Waals surface area contributed by atoms with E-state index in [2.05, 4.69) is 72.8 Å². The summed E-state index contributed by atoms with van der Waals surface area (Å²) >= 11 is 0. The third-order valence-corrected chi connectivity index (χ3v) is 6.37. The maximum absolute atomic E-state index is 2.54. The molecule has 0 bridgehead atoms. The number of hydrogen-bond donors (Lipinski definition) is 0. The zero-order valence-electron chi connectivity index (χ0n) is 18.8. The van der Waals surface area contributed by atoms with Crippen LogP contribution >= 0.6 is 0 Å². The van der Waals surface area contributed by atoms with E-state index in [1.165, 1.54) is 101 Å². The van der Waals surface area contributed by atoms with Gasteiger partial charge in [0.15, 0.2) is 0 Å². The highest BCUT2D eigenvalue weighted by atomic mass is 14.1. The summed E-state index contributed by atoms with van der Waals surface area (Å²) < 4.78 is 0. The summed E-state index contributed by atoms with van der Waals surface area (Å²) in [6.07, 6.45) is 23.5. The van der Waals surface area contributed by atoms with Crippen LogP contribution in [0.25, 0.3) is 11.1 Å². The normalized spacial score (nSPS) is 22.0. The SMILES string of the molecule is C1=C(\c2ccccc2)CCCCCCC/C=C(\c2ccccc2)CCCCCCC/1. The Kier molecular flexibility index (Phi) is 10.6. The summed E-state index contributed by atoms with van der Waals surface area (Å²) in [6.45, 7) is 0. The van der Waals surface area contributed by atoms with Crippen LogP contribution in [0.4, 0.5) is 0 Å². The van der Waals surface area contributed by atoms with Gasteiger partial charge >= 0.3 is 0 Å². The summed E-state index contributed by atoms with van der Waals surface area (Å²) in [4.78, 5) is 0. The molecule has 0 saturated carbocycles. The van der Waals surface area contributed by atoms with Crippen LogP contribution in [0.1, 0.15) is 101 Å². The molecule has 0 heteroatoms. The van der Waals surface area contributed by atoms with Crippen LogP contribution in [-0.4, -0.2) is 0 Å². The van der Waals surface area contributed by atoms with Gasteiger partial charge in [0.25, 0.3) is 0 Å². The van der Waals surface area contributed by atoms with Gasteiger partial charge in [-0.25, -0.2) is 0 Å². The second-order valence-electron chi connectivity index (χ2n) is 8.80. The molecule has 0 unspecified atom stereocenters. The molecule has 1 aliphatic carbocycles. The minimum atomic E-state index is 1.24. The fourth-order valence-electron chi connectivity index (χ4n) is 4.57. The first-order valence-corrected chi connectivity index (χ1v) is 12.4. The molecular formula is C30H40. The molecule has 3 rings (SSSR count). The molecule has 0 atom stereocenters. The lowest BCUT2D eigenvalue weighted by Crippen LogP contribution is -1.89. The Morgan fingerprint density at radius 3 is 1.17 bits per heavy atom. The van der Waals surface area contributed by atoms with Crippen molar-refractivity contribution < 1.29 is 0 Å². The standard InChI is InChI=1S/C30H40/c1-2-6-12-20-28(30-25-17-10-18-26-30)22-14-8-4-3-7-13-21-27(19-11-5-1)29-23-15-9-16-24-29/h9-10,15-19,22-26H,1-8,11-14,20-21H2/b27-19-,28-22-. The average molecular weight is 401 g/mol. The Balaban J connectivity index is 1.55. The quantitative estimate of drug-likeness (QED) is 0.470. The molecule has 0 aliphatic heterocycles. The summed E-state index contributed by atoms with van der Waals surface area (Å²) in [5.41, 5.74) is 6.02. The van der Waals surface area contributed by atoms with Crippen molar-refractivity contribution in [1.29, 1.82) is 0 Å². The smallest absolute Gasteiger partial charge is 0.0228 e. The molecule has 0 fully saturated rings. The number of hydrogen-bond acceptors (Lipinski definition) is 0. The fraction of sp³-hybridized carbons (Fsp3) is 0.467. The van der Waals surface area contributed by atoms with Crippen LogP contribution < -0.4 is 0 Å². The fourth-order valence-corrected chi connectivity index (χ4v) is 4.57. The van der Waals surface area contributed by atoms with E-state index in [-0.39, 0.29) is 0 Å². The van der Waals surface area contributed by atoms with E-state index in [0.29, 0.717) is 0 Å². The molecule has 0 N–H and O–H groups in total. The van der Waals surface area contributed by atoms with Crippen molar-refractivity contribution in [2.75, 3.05) is 0 Å². The predicted octanol–water partition coefficient (Wildman–Crippen LogP) is 9.63. The second-order valence-corrected chi connectivity index (χ2v) is 8.80. The van der Waals surface area contributed by atoms with Crippen LogP contribution in [0.2, 0.25) is 0 Å². The Hall–Kier alpha value is -2.08. The van der Waals surface area contributed by atoms with E-state index in [9.17, 15) is 0 Å². The summed E-state index contributed by atoms with van der Waals surface area (Å²) in [6, 6.07) is 22.1. The summed E-state index contributed by atoms with van der Waals surface area (Å²) in [7, 11) is 0. The van der Waals surface area contributed by atoms with Gasteiger partial charge in [0.2, 0.25) is 0 Å². The topological polar surface area (TPSA) is 0 Å². The van der Waals surface area contributed by atoms with Gasteiger partial charge in [0.05, 0.1) is 0 Å². The van der Waals surface area contributed by atoms with Gasteiger partial charge in [-0.3, -0.25) is 0 Å². The molecule has 0 heterocycles. The Labute approximate surface area is 185 Å². The number of allylic oxidation sites excluding steroid dienone is 4. The molecule has 0 saturated heterocycles. The van der Waals surface area contributed by atoms with Gasteiger partial charge in [-0.15, -0.1) is 0 Å². The van der Waals surface area contributed by atoms with Crippen molar-refractivity contribution in [2.24, 2.45) is 0 Å². The summed E-state index contributed by atoms with van der Waals surface area (Å²) in [5, 5.41) is 0. The third kappa shape index (κ3) is 8.34. The van der Waals surface area contributed by atoms with E-state index >= 15 is 0 Å². The van der Waals surface area contributed by atoms with Gasteiger partial charge in [0.1, 0.15) is 0 Å². The van der Waals surface area contributed by atoms with Crippen LogP contribution in [0, 0.1) is 0 Å². The maximum atomic E-state index is 2.54. The van der Waals surface area contributed by atoms with E-state index in [4.69, 9.17) is 0 Å². The van der Waals surface area contributed by atoms with Crippen molar-refractivity contribution in [3.8, 4) is 0 Å². The highest BCUT2D eigenvalue weighted by molar-refractivity contribution is 5.66. The van der Waals surface area contributed by atoms with Gasteiger partial charge in [-0.05, 0) is 73.6 Å². The van der Waals surface area contributed by atoms with Crippen LogP contribution in [0.3, 0.4) is 0 Å². The van der Waals surface area contributed by atoms with E-state index < -0.39 is 0 Å². The minimum absolute atomic E-state index is 1.24. The Morgan fingerprint density at radius 1 is 0.367 bits per heavy atom. The van der Waals surface area contributed by atoms with Gasteiger partial charge < -0.3 is 0 Å². The van der Waals surface area contributed by atoms with Crippen molar-refractivity contribution >= 4 is 11.1 Å². The Morgan fingerprint density at radius 2 is 0.733 bits per heavy atom. The molecule has 2 aromatic rings. The minimum Gasteiger partial charge on any atom is -0.0807 e. The van der Waals surface area contributed by atoms with Crippen LogP contribution in [0.15, 0.2) is 72.8 Å². The van der Waals surface area contributed by atoms with Crippen molar-refractivity contribution in [3.05, 3.63) is 83.9 Å². The third-order valence-electron chi connectivity index (χ3n) is 6.37. The molecule has 2 aromatic carbocycles. The van der Waals surface area contributed by atoms with Crippen LogP contribution in [-0.2, 0) is 0 Å². The van der Waals surface area contributed by atoms with E-state index in [0.717, 1.165) is 0 Å². The predicted molar refractivity (Wildman–Crippen MR) is 133 cm³/mol. The largest absolute Gasteiger partial charge is 0.0807 e. The second kappa shape index (κ2) is 14.0. The molecule has 0 nitrogen and oxygen atoms in total. The Bertz CT molecular complexity index is 684. The first-order chi connectivity index (χ1) is 14.9. The lowest BCUT2D eigenvalue weighted by Gasteiger charge is -2.10. The van der Waals surface area contributed by atoms with Gasteiger partial charge in [-0.2, -0.15) is 0 Å². The van der Waals surface area contributed by atoms with Gasteiger partial charge in [-0.1, -0.05) is 111 Å². The average Bonchev–Trinajstić information content (AvgIpc) is 2.80. The molecule has 0 spiro atoms. The summed E-state index contributed by atoms with van der Waals surface area (Å²) in [5.74, 6) is 0. The molecule has 160 valence electrons. The van der Waals surface area contributed by atoms with Gasteiger partial charge in [0, 0.05) is 0 Å². The number of benzene rings is 2. The monoisotopic (exact) mass is 400 g/mol. The van der Waals surface area contributed by atoms with E-state index in [1.807, 2.05) is 0 Å². The molecule has 0 aromatic heterocycles. The molecular weight excluding hydrogens is 360 g/mol. The van der Waals surface area contributed by atoms with E-state index in [1.54, 1.807) is 11.1 Å². The lowest BCUT2D eigenvalue weighted by atomic mass is 9.95. The number of rotatable bonds is 2. The molecule has 0 radical (unpaired) electrons. The molecule has 1 aliphatic rings. The molecule has 30 heavy (non-hydrogen) atoms. The lowest BCUT2D eigenvalue weighted by molar-refractivity contribution is 0.616. The first kappa shape index (κ1) is 22.6. The molecule has 0 amide bonds. The van der Waals surface area contributed by atoms with Crippen molar-refractivity contribution in [2.45, 2.75) is 89.9 Å². The van der Waals surface area contributed by atoms with Crippen molar-refractivity contribution in [3.63, 3.8) is 0 Å². The first-order valence-electron chi connectivity index (χ1n) is 12.4. The highest BCUT2D eigenvalue weighted by Crippen LogP contribution is 2.25. The highest BCUT2D eigenvalue weighted by Gasteiger charge is 2.04. The van der Waals surface area contributed by atoms with Crippen LogP contribution in [0.5, 0.6) is 0 Å². The van der Waals surface area contributed by atoms with Crippen molar-refractivity contribution in [1.82, 2.24) is 0 Å². The maximum Gasteiger partial charge on any atom is -0.0228 e.